The zero-order valence-electron chi connectivity index (χ0n) is 11.2. The van der Waals surface area contributed by atoms with Gasteiger partial charge in [0, 0.05) is 37.4 Å². The van der Waals surface area contributed by atoms with Gasteiger partial charge in [0.05, 0.1) is 6.54 Å². The van der Waals surface area contributed by atoms with Crippen LogP contribution in [0.4, 0.5) is 0 Å². The lowest BCUT2D eigenvalue weighted by atomic mass is 10.1. The van der Waals surface area contributed by atoms with Gasteiger partial charge in [0.2, 0.25) is 5.91 Å². The quantitative estimate of drug-likeness (QED) is 0.813. The molecule has 1 rings (SSSR count). The molecule has 2 N–H and O–H groups in total. The Balaban J connectivity index is 2.20. The van der Waals surface area contributed by atoms with Gasteiger partial charge in [0.1, 0.15) is 0 Å². The summed E-state index contributed by atoms with van der Waals surface area (Å²) in [6, 6.07) is 3.98. The van der Waals surface area contributed by atoms with Crippen molar-refractivity contribution in [3.63, 3.8) is 0 Å². The Kier molecular flexibility index (Phi) is 4.75. The second-order valence-electron chi connectivity index (χ2n) is 5.31. The van der Waals surface area contributed by atoms with E-state index in [2.05, 4.69) is 31.4 Å². The van der Waals surface area contributed by atoms with Crippen molar-refractivity contribution in [1.29, 1.82) is 0 Å². The lowest BCUT2D eigenvalue weighted by molar-refractivity contribution is -0.121. The monoisotopic (exact) mass is 237 g/mol. The number of aryl methyl sites for hydroxylation is 1. The topological polar surface area (TPSA) is 46.1 Å². The lowest BCUT2D eigenvalue weighted by Gasteiger charge is -2.20. The first-order chi connectivity index (χ1) is 7.88. The summed E-state index contributed by atoms with van der Waals surface area (Å²) in [6.45, 7) is 7.58. The van der Waals surface area contributed by atoms with Gasteiger partial charge in [-0.15, -0.1) is 0 Å². The Bertz CT molecular complexity index is 363. The van der Waals surface area contributed by atoms with E-state index >= 15 is 0 Å². The minimum atomic E-state index is 0.0679. The highest BCUT2D eigenvalue weighted by atomic mass is 16.1. The number of hydrogen-bond acceptors (Lipinski definition) is 2. The normalized spacial score (nSPS) is 11.5. The van der Waals surface area contributed by atoms with Gasteiger partial charge in [0.15, 0.2) is 0 Å². The van der Waals surface area contributed by atoms with E-state index in [0.717, 1.165) is 5.69 Å². The van der Waals surface area contributed by atoms with Crippen LogP contribution in [0.1, 0.15) is 32.9 Å². The van der Waals surface area contributed by atoms with Gasteiger partial charge in [0.25, 0.3) is 0 Å². The Morgan fingerprint density at radius 2 is 2.12 bits per heavy atom. The van der Waals surface area contributed by atoms with Crippen molar-refractivity contribution >= 4 is 5.91 Å². The number of hydrogen-bond donors (Lipinski definition) is 2. The molecular weight excluding hydrogens is 214 g/mol. The molecular formula is C13H23N3O. The van der Waals surface area contributed by atoms with E-state index < -0.39 is 0 Å². The maximum Gasteiger partial charge on any atom is 0.221 e. The summed E-state index contributed by atoms with van der Waals surface area (Å²) in [5.41, 5.74) is 1.18. The van der Waals surface area contributed by atoms with Crippen molar-refractivity contribution in [2.45, 2.75) is 39.3 Å². The van der Waals surface area contributed by atoms with E-state index in [1.807, 2.05) is 29.9 Å². The van der Waals surface area contributed by atoms with Crippen LogP contribution in [0, 0.1) is 0 Å². The Morgan fingerprint density at radius 3 is 2.65 bits per heavy atom. The van der Waals surface area contributed by atoms with E-state index in [1.165, 1.54) is 0 Å². The molecule has 0 fully saturated rings. The van der Waals surface area contributed by atoms with Gasteiger partial charge in [-0.2, -0.15) is 0 Å². The van der Waals surface area contributed by atoms with Gasteiger partial charge in [-0.05, 0) is 32.9 Å². The average Bonchev–Trinajstić information content (AvgIpc) is 2.59. The number of aromatic nitrogens is 1. The number of carbonyl (C=O) groups excluding carboxylic acids is 1. The number of nitrogens with one attached hydrogen (secondary N) is 2. The average molecular weight is 237 g/mol. The smallest absolute Gasteiger partial charge is 0.221 e. The molecule has 0 unspecified atom stereocenters. The summed E-state index contributed by atoms with van der Waals surface area (Å²) in [5, 5.41) is 6.20. The minimum absolute atomic E-state index is 0.0679. The number of amides is 1. The highest BCUT2D eigenvalue weighted by Crippen LogP contribution is 2.00. The van der Waals surface area contributed by atoms with Crippen molar-refractivity contribution in [2.24, 2.45) is 7.05 Å². The van der Waals surface area contributed by atoms with Crippen molar-refractivity contribution < 1.29 is 4.79 Å². The molecule has 1 aromatic heterocycles. The Hall–Kier alpha value is -1.29. The van der Waals surface area contributed by atoms with Crippen LogP contribution < -0.4 is 10.6 Å². The third-order valence-corrected chi connectivity index (χ3v) is 2.53. The summed E-state index contributed by atoms with van der Waals surface area (Å²) in [7, 11) is 1.97. The zero-order valence-corrected chi connectivity index (χ0v) is 11.2. The van der Waals surface area contributed by atoms with Crippen molar-refractivity contribution in [3.8, 4) is 0 Å². The van der Waals surface area contributed by atoms with Crippen LogP contribution in [0.5, 0.6) is 0 Å². The van der Waals surface area contributed by atoms with Crippen molar-refractivity contribution in [1.82, 2.24) is 15.2 Å². The lowest BCUT2D eigenvalue weighted by Crippen LogP contribution is -2.38. The van der Waals surface area contributed by atoms with Gasteiger partial charge < -0.3 is 15.2 Å². The van der Waals surface area contributed by atoms with Gasteiger partial charge >= 0.3 is 0 Å². The predicted octanol–water partition coefficient (Wildman–Crippen LogP) is 1.42. The summed E-state index contributed by atoms with van der Waals surface area (Å²) in [6.07, 6.45) is 2.49. The van der Waals surface area contributed by atoms with Crippen LogP contribution in [0.15, 0.2) is 18.3 Å². The van der Waals surface area contributed by atoms with Crippen LogP contribution in [0.2, 0.25) is 0 Å². The molecule has 0 aliphatic rings. The molecule has 96 valence electrons. The van der Waals surface area contributed by atoms with Crippen LogP contribution in [0.3, 0.4) is 0 Å². The van der Waals surface area contributed by atoms with Gasteiger partial charge in [-0.25, -0.2) is 0 Å². The van der Waals surface area contributed by atoms with Crippen LogP contribution >= 0.6 is 0 Å². The first kappa shape index (κ1) is 13.8. The molecule has 4 heteroatoms. The summed E-state index contributed by atoms with van der Waals surface area (Å²) < 4.78 is 2.01. The molecule has 0 bridgehead atoms. The highest BCUT2D eigenvalue weighted by Gasteiger charge is 2.09. The number of carbonyl (C=O) groups is 1. The zero-order chi connectivity index (χ0) is 12.9. The fourth-order valence-electron chi connectivity index (χ4n) is 1.51. The summed E-state index contributed by atoms with van der Waals surface area (Å²) >= 11 is 0. The van der Waals surface area contributed by atoms with Crippen LogP contribution in [-0.4, -0.2) is 22.6 Å². The SMILES string of the molecule is Cn1cccc1CNC(=O)CCNC(C)(C)C. The van der Waals surface area contributed by atoms with Crippen molar-refractivity contribution in [3.05, 3.63) is 24.0 Å². The molecule has 0 saturated heterocycles. The molecule has 0 atom stereocenters. The van der Waals surface area contributed by atoms with Crippen LogP contribution in [0.25, 0.3) is 0 Å². The summed E-state index contributed by atoms with van der Waals surface area (Å²) in [4.78, 5) is 11.6. The molecule has 0 aromatic carbocycles. The molecule has 0 saturated carbocycles. The highest BCUT2D eigenvalue weighted by molar-refractivity contribution is 5.76. The van der Waals surface area contributed by atoms with E-state index in [0.29, 0.717) is 19.5 Å². The molecule has 0 aliphatic carbocycles. The molecule has 0 aliphatic heterocycles. The fraction of sp³-hybridized carbons (Fsp3) is 0.615. The van der Waals surface area contributed by atoms with Crippen molar-refractivity contribution in [2.75, 3.05) is 6.54 Å². The Morgan fingerprint density at radius 1 is 1.41 bits per heavy atom. The van der Waals surface area contributed by atoms with E-state index in [1.54, 1.807) is 0 Å². The molecule has 4 nitrogen and oxygen atoms in total. The predicted molar refractivity (Wildman–Crippen MR) is 69.6 cm³/mol. The third-order valence-electron chi connectivity index (χ3n) is 2.53. The van der Waals surface area contributed by atoms with Gasteiger partial charge in [-0.1, -0.05) is 0 Å². The summed E-state index contributed by atoms with van der Waals surface area (Å²) in [5.74, 6) is 0.0861. The van der Waals surface area contributed by atoms with E-state index in [-0.39, 0.29) is 11.4 Å². The fourth-order valence-corrected chi connectivity index (χ4v) is 1.51. The number of nitrogens with zero attached hydrogens (tertiary/aromatic N) is 1. The van der Waals surface area contributed by atoms with E-state index in [4.69, 9.17) is 0 Å². The maximum atomic E-state index is 11.6. The standard InChI is InChI=1S/C13H23N3O/c1-13(2,3)15-8-7-12(17)14-10-11-6-5-9-16(11)4/h5-6,9,15H,7-8,10H2,1-4H3,(H,14,17). The van der Waals surface area contributed by atoms with Gasteiger partial charge in [-0.3, -0.25) is 4.79 Å². The molecule has 0 radical (unpaired) electrons. The molecule has 17 heavy (non-hydrogen) atoms. The third kappa shape index (κ3) is 5.54. The second kappa shape index (κ2) is 5.87. The molecule has 1 amide bonds. The first-order valence-electron chi connectivity index (χ1n) is 6.00. The van der Waals surface area contributed by atoms with Crippen LogP contribution in [-0.2, 0) is 18.4 Å². The largest absolute Gasteiger partial charge is 0.353 e. The molecule has 0 spiro atoms. The Labute approximate surface area is 103 Å². The second-order valence-corrected chi connectivity index (χ2v) is 5.31. The number of rotatable bonds is 5. The first-order valence-corrected chi connectivity index (χ1v) is 6.00. The maximum absolute atomic E-state index is 11.6. The minimum Gasteiger partial charge on any atom is -0.353 e. The molecule has 1 heterocycles. The van der Waals surface area contributed by atoms with E-state index in [9.17, 15) is 4.79 Å². The molecule has 1 aromatic rings.